The van der Waals surface area contributed by atoms with Gasteiger partial charge in [0.25, 0.3) is 5.91 Å². The van der Waals surface area contributed by atoms with Gasteiger partial charge in [0.05, 0.1) is 30.7 Å². The molecule has 0 radical (unpaired) electrons. The first-order valence-corrected chi connectivity index (χ1v) is 10.4. The number of anilines is 1. The summed E-state index contributed by atoms with van der Waals surface area (Å²) in [5, 5.41) is 12.6. The first kappa shape index (κ1) is 23.1. The van der Waals surface area contributed by atoms with E-state index in [2.05, 4.69) is 10.3 Å². The van der Waals surface area contributed by atoms with E-state index < -0.39 is 0 Å². The molecule has 0 saturated carbocycles. The van der Waals surface area contributed by atoms with Gasteiger partial charge in [-0.15, -0.1) is 0 Å². The van der Waals surface area contributed by atoms with Crippen molar-refractivity contribution in [3.8, 4) is 17.2 Å². The third-order valence-electron chi connectivity index (χ3n) is 4.81. The number of aryl methyl sites for hydroxylation is 1. The number of nitrogens with zero attached hydrogens (tertiary/aromatic N) is 1. The molecule has 3 rings (SSSR count). The predicted octanol–water partition coefficient (Wildman–Crippen LogP) is 3.09. The van der Waals surface area contributed by atoms with Crippen molar-refractivity contribution < 1.29 is 24.1 Å². The molecular weight excluding hydrogens is 410 g/mol. The number of nitrogens with two attached hydrogens (primary N) is 1. The molecule has 0 saturated heterocycles. The molecule has 1 amide bonds. The molecular formula is C24H29N3O5. The first-order valence-electron chi connectivity index (χ1n) is 10.4. The number of carbonyl (C=O) groups is 1. The number of fused-ring (bicyclic) bond motifs is 1. The molecule has 4 N–H and O–H groups in total. The maximum atomic E-state index is 12.7. The Labute approximate surface area is 187 Å². The van der Waals surface area contributed by atoms with Gasteiger partial charge in [0.2, 0.25) is 0 Å². The molecule has 1 heterocycles. The fourth-order valence-electron chi connectivity index (χ4n) is 3.28. The largest absolute Gasteiger partial charge is 0.493 e. The molecule has 1 aromatic heterocycles. The normalized spacial score (nSPS) is 11.8. The monoisotopic (exact) mass is 439 g/mol. The average Bonchev–Trinajstić information content (AvgIpc) is 2.77. The predicted molar refractivity (Wildman–Crippen MR) is 124 cm³/mol. The molecule has 1 unspecified atom stereocenters. The van der Waals surface area contributed by atoms with Crippen LogP contribution in [0.2, 0.25) is 0 Å². The van der Waals surface area contributed by atoms with E-state index in [4.69, 9.17) is 25.1 Å². The van der Waals surface area contributed by atoms with Crippen molar-refractivity contribution in [3.05, 3.63) is 53.7 Å². The molecule has 3 aromatic rings. The van der Waals surface area contributed by atoms with E-state index in [1.807, 2.05) is 38.1 Å². The van der Waals surface area contributed by atoms with Gasteiger partial charge < -0.3 is 30.4 Å². The summed E-state index contributed by atoms with van der Waals surface area (Å²) >= 11 is 0. The molecule has 0 bridgehead atoms. The second-order valence-electron chi connectivity index (χ2n) is 7.48. The van der Waals surface area contributed by atoms with Crippen LogP contribution in [0.4, 0.5) is 5.69 Å². The number of nitrogen functional groups attached to an aromatic ring is 1. The molecule has 32 heavy (non-hydrogen) atoms. The van der Waals surface area contributed by atoms with E-state index >= 15 is 0 Å². The summed E-state index contributed by atoms with van der Waals surface area (Å²) in [4.78, 5) is 17.2. The van der Waals surface area contributed by atoms with Gasteiger partial charge in [-0.3, -0.25) is 9.78 Å². The summed E-state index contributed by atoms with van der Waals surface area (Å²) in [6.45, 7) is 4.36. The fourth-order valence-corrected chi connectivity index (χ4v) is 3.28. The number of aliphatic hydroxyl groups is 1. The van der Waals surface area contributed by atoms with Gasteiger partial charge in [0.1, 0.15) is 12.4 Å². The minimum Gasteiger partial charge on any atom is -0.493 e. The smallest absolute Gasteiger partial charge is 0.251 e. The number of hydrogen-bond acceptors (Lipinski definition) is 7. The molecule has 0 aliphatic rings. The Balaban J connectivity index is 1.65. The van der Waals surface area contributed by atoms with Crippen LogP contribution in [-0.4, -0.2) is 49.0 Å². The van der Waals surface area contributed by atoms with E-state index in [0.717, 1.165) is 16.6 Å². The topological polar surface area (TPSA) is 116 Å². The van der Waals surface area contributed by atoms with Crippen LogP contribution in [0.1, 0.15) is 29.4 Å². The van der Waals surface area contributed by atoms with Crippen molar-refractivity contribution in [1.29, 1.82) is 0 Å². The summed E-state index contributed by atoms with van der Waals surface area (Å²) in [5.41, 5.74) is 8.82. The molecule has 2 aromatic carbocycles. The second kappa shape index (κ2) is 10.7. The van der Waals surface area contributed by atoms with Crippen molar-refractivity contribution in [2.24, 2.45) is 0 Å². The van der Waals surface area contributed by atoms with Gasteiger partial charge in [-0.25, -0.2) is 0 Å². The van der Waals surface area contributed by atoms with Crippen LogP contribution in [0.3, 0.4) is 0 Å². The number of carbonyl (C=O) groups excluding carboxylic acids is 1. The first-order chi connectivity index (χ1) is 15.4. The Morgan fingerprint density at radius 2 is 1.97 bits per heavy atom. The molecule has 0 fully saturated rings. The highest BCUT2D eigenvalue weighted by atomic mass is 16.5. The molecule has 170 valence electrons. The van der Waals surface area contributed by atoms with Gasteiger partial charge >= 0.3 is 0 Å². The number of aliphatic hydroxyl groups excluding tert-OH is 1. The lowest BCUT2D eigenvalue weighted by molar-refractivity contribution is 0.0926. The molecule has 8 heteroatoms. The maximum absolute atomic E-state index is 12.7. The van der Waals surface area contributed by atoms with Crippen molar-refractivity contribution in [2.75, 3.05) is 32.7 Å². The SMILES string of the molecule is COc1ccc(C(=O)NC(C)COc2cccc3nc(C)cc(N)c23)cc1OCCCO. The highest BCUT2D eigenvalue weighted by molar-refractivity contribution is 5.96. The zero-order chi connectivity index (χ0) is 23.1. The zero-order valence-electron chi connectivity index (χ0n) is 18.6. The number of methoxy groups -OCH3 is 1. The number of hydrogen-bond donors (Lipinski definition) is 3. The lowest BCUT2D eigenvalue weighted by atomic mass is 10.1. The van der Waals surface area contributed by atoms with Gasteiger partial charge in [0, 0.05) is 30.0 Å². The molecule has 8 nitrogen and oxygen atoms in total. The van der Waals surface area contributed by atoms with Gasteiger partial charge in [0.15, 0.2) is 11.5 Å². The standard InChI is InChI=1S/C24H29N3O5/c1-15-12-18(25)23-19(26-15)6-4-7-21(23)32-14-16(2)27-24(29)17-8-9-20(30-3)22(13-17)31-11-5-10-28/h4,6-9,12-13,16,28H,5,10-11,14H2,1-3H3,(H2,25,26)(H,27,29). The average molecular weight is 440 g/mol. The molecule has 0 spiro atoms. The van der Waals surface area contributed by atoms with E-state index in [0.29, 0.717) is 41.5 Å². The number of rotatable bonds is 10. The number of nitrogens with one attached hydrogen (secondary N) is 1. The van der Waals surface area contributed by atoms with Crippen LogP contribution >= 0.6 is 0 Å². The van der Waals surface area contributed by atoms with E-state index in [9.17, 15) is 4.79 Å². The number of aromatic nitrogens is 1. The summed E-state index contributed by atoms with van der Waals surface area (Å²) in [5.74, 6) is 1.34. The lowest BCUT2D eigenvalue weighted by Crippen LogP contribution is -2.36. The van der Waals surface area contributed by atoms with E-state index in [-0.39, 0.29) is 25.2 Å². The Hall–Kier alpha value is -3.52. The number of amides is 1. The minimum atomic E-state index is -0.266. The number of benzene rings is 2. The zero-order valence-corrected chi connectivity index (χ0v) is 18.6. The van der Waals surface area contributed by atoms with Crippen LogP contribution in [0.25, 0.3) is 10.9 Å². The molecule has 0 aliphatic carbocycles. The van der Waals surface area contributed by atoms with Crippen molar-refractivity contribution in [2.45, 2.75) is 26.3 Å². The van der Waals surface area contributed by atoms with Crippen LogP contribution in [0.5, 0.6) is 17.2 Å². The Morgan fingerprint density at radius 3 is 2.72 bits per heavy atom. The van der Waals surface area contributed by atoms with Gasteiger partial charge in [-0.1, -0.05) is 6.07 Å². The maximum Gasteiger partial charge on any atom is 0.251 e. The van der Waals surface area contributed by atoms with Crippen LogP contribution in [-0.2, 0) is 0 Å². The minimum absolute atomic E-state index is 0.0258. The highest BCUT2D eigenvalue weighted by Gasteiger charge is 2.15. The van der Waals surface area contributed by atoms with Gasteiger partial charge in [-0.05, 0) is 50.2 Å². The highest BCUT2D eigenvalue weighted by Crippen LogP contribution is 2.30. The lowest BCUT2D eigenvalue weighted by Gasteiger charge is -2.17. The molecule has 0 aliphatic heterocycles. The summed E-state index contributed by atoms with van der Waals surface area (Å²) in [6, 6.07) is 12.1. The van der Waals surface area contributed by atoms with Crippen molar-refractivity contribution in [1.82, 2.24) is 10.3 Å². The summed E-state index contributed by atoms with van der Waals surface area (Å²) < 4.78 is 16.9. The van der Waals surface area contributed by atoms with Crippen molar-refractivity contribution in [3.63, 3.8) is 0 Å². The van der Waals surface area contributed by atoms with Gasteiger partial charge in [-0.2, -0.15) is 0 Å². The van der Waals surface area contributed by atoms with Crippen molar-refractivity contribution >= 4 is 22.5 Å². The third kappa shape index (κ3) is 5.59. The quantitative estimate of drug-likeness (QED) is 0.416. The van der Waals surface area contributed by atoms with E-state index in [1.165, 1.54) is 7.11 Å². The van der Waals surface area contributed by atoms with Crippen LogP contribution < -0.4 is 25.3 Å². The Bertz CT molecular complexity index is 1090. The molecule has 1 atom stereocenters. The van der Waals surface area contributed by atoms with E-state index in [1.54, 1.807) is 18.2 Å². The third-order valence-corrected chi connectivity index (χ3v) is 4.81. The van der Waals surface area contributed by atoms with Crippen LogP contribution in [0, 0.1) is 6.92 Å². The summed E-state index contributed by atoms with van der Waals surface area (Å²) in [6.07, 6.45) is 0.488. The fraction of sp³-hybridized carbons (Fsp3) is 0.333. The number of ether oxygens (including phenoxy) is 3. The Morgan fingerprint density at radius 1 is 1.16 bits per heavy atom. The summed E-state index contributed by atoms with van der Waals surface area (Å²) in [7, 11) is 1.53. The Kier molecular flexibility index (Phi) is 7.72. The number of pyridine rings is 1. The van der Waals surface area contributed by atoms with Crippen LogP contribution in [0.15, 0.2) is 42.5 Å². The second-order valence-corrected chi connectivity index (χ2v) is 7.48.